The van der Waals surface area contributed by atoms with Crippen molar-refractivity contribution in [1.82, 2.24) is 9.13 Å². The molecule has 2 aromatic heterocycles. The minimum atomic E-state index is -0.196. The summed E-state index contributed by atoms with van der Waals surface area (Å²) in [6.45, 7) is 2.55. The van der Waals surface area contributed by atoms with Gasteiger partial charge in [-0.1, -0.05) is 0 Å². The summed E-state index contributed by atoms with van der Waals surface area (Å²) in [6, 6.07) is 6.77. The van der Waals surface area contributed by atoms with Gasteiger partial charge in [0, 0.05) is 36.5 Å². The molecule has 0 radical (unpaired) electrons. The molecule has 0 aliphatic carbocycles. The van der Waals surface area contributed by atoms with E-state index in [1.54, 1.807) is 34.4 Å². The normalized spacial score (nSPS) is 16.7. The maximum atomic E-state index is 12.4. The first-order chi connectivity index (χ1) is 11.0. The Morgan fingerprint density at radius 2 is 2.00 bits per heavy atom. The summed E-state index contributed by atoms with van der Waals surface area (Å²) in [6.07, 6.45) is 0. The van der Waals surface area contributed by atoms with Gasteiger partial charge in [0.15, 0.2) is 5.75 Å². The van der Waals surface area contributed by atoms with E-state index in [-0.39, 0.29) is 17.2 Å². The fourth-order valence-electron chi connectivity index (χ4n) is 3.42. The molecule has 0 saturated carbocycles. The molecule has 2 N–H and O–H groups in total. The zero-order chi connectivity index (χ0) is 16.3. The lowest BCUT2D eigenvalue weighted by atomic mass is 10.0. The molecule has 0 unspecified atom stereocenters. The zero-order valence-electron chi connectivity index (χ0n) is 13.0. The highest BCUT2D eigenvalue weighted by molar-refractivity contribution is 6.03. The molecule has 6 nitrogen and oxygen atoms in total. The number of fused-ring (bicyclic) bond motifs is 2. The van der Waals surface area contributed by atoms with Crippen molar-refractivity contribution in [2.75, 3.05) is 13.2 Å². The monoisotopic (exact) mass is 311 g/mol. The molecule has 6 heteroatoms. The first-order valence-corrected chi connectivity index (χ1v) is 7.54. The number of benzene rings is 1. The second-order valence-corrected chi connectivity index (χ2v) is 6.01. The maximum absolute atomic E-state index is 12.4. The van der Waals surface area contributed by atoms with Gasteiger partial charge in [0.05, 0.1) is 17.1 Å². The summed E-state index contributed by atoms with van der Waals surface area (Å²) in [4.78, 5) is 24.5. The lowest BCUT2D eigenvalue weighted by Gasteiger charge is -2.28. The molecule has 1 aromatic carbocycles. The van der Waals surface area contributed by atoms with Crippen LogP contribution in [0.5, 0.6) is 5.75 Å². The third kappa shape index (κ3) is 1.78. The van der Waals surface area contributed by atoms with Crippen LogP contribution in [-0.2, 0) is 7.05 Å². The second kappa shape index (κ2) is 4.70. The molecule has 3 aromatic rings. The Kier molecular flexibility index (Phi) is 2.86. The molecule has 0 spiro atoms. The summed E-state index contributed by atoms with van der Waals surface area (Å²) in [5, 5.41) is 1.86. The molecule has 4 rings (SSSR count). The van der Waals surface area contributed by atoms with Gasteiger partial charge >= 0.3 is 0 Å². The Labute approximate surface area is 131 Å². The van der Waals surface area contributed by atoms with E-state index < -0.39 is 0 Å². The van der Waals surface area contributed by atoms with Crippen molar-refractivity contribution >= 4 is 21.8 Å². The largest absolute Gasteiger partial charge is 0.487 e. The molecule has 0 fully saturated rings. The van der Waals surface area contributed by atoms with Gasteiger partial charge in [-0.05, 0) is 24.6 Å². The summed E-state index contributed by atoms with van der Waals surface area (Å²) in [5.41, 5.74) is 7.93. The molecule has 0 amide bonds. The van der Waals surface area contributed by atoms with E-state index in [1.165, 1.54) is 0 Å². The van der Waals surface area contributed by atoms with Crippen molar-refractivity contribution in [3.63, 3.8) is 0 Å². The first-order valence-electron chi connectivity index (χ1n) is 7.54. The summed E-state index contributed by atoms with van der Waals surface area (Å²) < 4.78 is 9.22. The fraction of sp³-hybridized carbons (Fsp3) is 0.294. The standard InChI is InChI=1S/C17H17N3O3/c1-9-5-14(22)19(2)16-12(9)6-10-3-4-13(21)20-11(7-18)8-23-17(16)15(10)20/h3-6,11H,7-8,18H2,1-2H3/t11-/m0/s1. The van der Waals surface area contributed by atoms with E-state index >= 15 is 0 Å². The first kappa shape index (κ1) is 14.0. The van der Waals surface area contributed by atoms with E-state index in [9.17, 15) is 9.59 Å². The number of rotatable bonds is 1. The van der Waals surface area contributed by atoms with Crippen molar-refractivity contribution in [2.45, 2.75) is 13.0 Å². The van der Waals surface area contributed by atoms with Gasteiger partial charge in [-0.15, -0.1) is 0 Å². The van der Waals surface area contributed by atoms with Crippen LogP contribution in [0.25, 0.3) is 21.8 Å². The van der Waals surface area contributed by atoms with E-state index in [4.69, 9.17) is 10.5 Å². The number of aryl methyl sites for hydroxylation is 2. The molecule has 23 heavy (non-hydrogen) atoms. The van der Waals surface area contributed by atoms with Crippen LogP contribution in [0.1, 0.15) is 11.6 Å². The Hall–Kier alpha value is -2.60. The van der Waals surface area contributed by atoms with Crippen molar-refractivity contribution in [3.8, 4) is 5.75 Å². The molecule has 1 aliphatic heterocycles. The van der Waals surface area contributed by atoms with Gasteiger partial charge in [-0.25, -0.2) is 0 Å². The van der Waals surface area contributed by atoms with Crippen LogP contribution in [-0.4, -0.2) is 22.3 Å². The minimum Gasteiger partial charge on any atom is -0.487 e. The topological polar surface area (TPSA) is 79.2 Å². The number of hydrogen-bond donors (Lipinski definition) is 1. The average molecular weight is 311 g/mol. The molecule has 0 bridgehead atoms. The predicted molar refractivity (Wildman–Crippen MR) is 89.3 cm³/mol. The van der Waals surface area contributed by atoms with Crippen molar-refractivity contribution in [2.24, 2.45) is 12.8 Å². The molecule has 118 valence electrons. The highest BCUT2D eigenvalue weighted by Crippen LogP contribution is 2.38. The lowest BCUT2D eigenvalue weighted by molar-refractivity contribution is 0.239. The van der Waals surface area contributed by atoms with Crippen LogP contribution in [0, 0.1) is 6.92 Å². The Morgan fingerprint density at radius 1 is 1.22 bits per heavy atom. The number of aromatic nitrogens is 2. The van der Waals surface area contributed by atoms with Crippen LogP contribution in [0.3, 0.4) is 0 Å². The van der Waals surface area contributed by atoms with Gasteiger partial charge in [-0.2, -0.15) is 0 Å². The van der Waals surface area contributed by atoms with Gasteiger partial charge in [0.25, 0.3) is 11.1 Å². The Bertz CT molecular complexity index is 1080. The van der Waals surface area contributed by atoms with Gasteiger partial charge in [0.2, 0.25) is 0 Å². The van der Waals surface area contributed by atoms with Crippen molar-refractivity contribution in [1.29, 1.82) is 0 Å². The molecular formula is C17H17N3O3. The molecule has 3 heterocycles. The number of ether oxygens (including phenoxy) is 1. The Morgan fingerprint density at radius 3 is 2.74 bits per heavy atom. The van der Waals surface area contributed by atoms with E-state index in [0.717, 1.165) is 21.9 Å². The van der Waals surface area contributed by atoms with Crippen LogP contribution in [0.15, 0.2) is 33.9 Å². The average Bonchev–Trinajstić information content (AvgIpc) is 2.55. The van der Waals surface area contributed by atoms with Crippen LogP contribution < -0.4 is 21.6 Å². The molecule has 0 saturated heterocycles. The number of pyridine rings is 2. The van der Waals surface area contributed by atoms with E-state index in [2.05, 4.69) is 0 Å². The van der Waals surface area contributed by atoms with Gasteiger partial charge < -0.3 is 15.0 Å². The summed E-state index contributed by atoms with van der Waals surface area (Å²) >= 11 is 0. The van der Waals surface area contributed by atoms with Crippen molar-refractivity contribution < 1.29 is 4.74 Å². The van der Waals surface area contributed by atoms with Crippen LogP contribution in [0.2, 0.25) is 0 Å². The van der Waals surface area contributed by atoms with Gasteiger partial charge in [-0.3, -0.25) is 14.2 Å². The zero-order valence-corrected chi connectivity index (χ0v) is 13.0. The number of nitrogens with zero attached hydrogens (tertiary/aromatic N) is 2. The summed E-state index contributed by atoms with van der Waals surface area (Å²) in [5.74, 6) is 0.586. The smallest absolute Gasteiger partial charge is 0.251 e. The SMILES string of the molecule is Cc1cc(=O)n(C)c2c3c4c(ccc(=O)n4[C@@H](CN)CO3)cc12. The molecule has 1 atom stereocenters. The van der Waals surface area contributed by atoms with E-state index in [0.29, 0.717) is 24.4 Å². The van der Waals surface area contributed by atoms with Crippen LogP contribution in [0.4, 0.5) is 0 Å². The highest BCUT2D eigenvalue weighted by atomic mass is 16.5. The Balaban J connectivity index is 2.32. The van der Waals surface area contributed by atoms with Crippen molar-refractivity contribution in [3.05, 3.63) is 50.5 Å². The van der Waals surface area contributed by atoms with Crippen LogP contribution >= 0.6 is 0 Å². The lowest BCUT2D eigenvalue weighted by Crippen LogP contribution is -2.36. The third-order valence-electron chi connectivity index (χ3n) is 4.63. The number of nitrogens with two attached hydrogens (primary N) is 1. The fourth-order valence-corrected chi connectivity index (χ4v) is 3.42. The maximum Gasteiger partial charge on any atom is 0.251 e. The molecule has 1 aliphatic rings. The second-order valence-electron chi connectivity index (χ2n) is 6.01. The number of hydrogen-bond acceptors (Lipinski definition) is 4. The summed E-state index contributed by atoms with van der Waals surface area (Å²) in [7, 11) is 1.72. The van der Waals surface area contributed by atoms with E-state index in [1.807, 2.05) is 13.0 Å². The third-order valence-corrected chi connectivity index (χ3v) is 4.63. The van der Waals surface area contributed by atoms with Gasteiger partial charge in [0.1, 0.15) is 6.61 Å². The quantitative estimate of drug-likeness (QED) is 0.681. The minimum absolute atomic E-state index is 0.0972. The molecular weight excluding hydrogens is 294 g/mol. The predicted octanol–water partition coefficient (Wildman–Crippen LogP) is 1.05. The highest BCUT2D eigenvalue weighted by Gasteiger charge is 2.26.